The molecule has 1 aromatic carbocycles. The molecule has 0 spiro atoms. The first-order valence-electron chi connectivity index (χ1n) is 3.57. The van der Waals surface area contributed by atoms with Crippen molar-refractivity contribution in [3.63, 3.8) is 0 Å². The molecule has 1 rings (SSSR count). The minimum absolute atomic E-state index is 0. The van der Waals surface area contributed by atoms with Crippen LogP contribution in [0.1, 0.15) is 11.6 Å². The minimum Gasteiger partial charge on any atom is -0.394 e. The number of rotatable bonds is 2. The Morgan fingerprint density at radius 1 is 1.21 bits per heavy atom. The summed E-state index contributed by atoms with van der Waals surface area (Å²) in [6.07, 6.45) is 0. The van der Waals surface area contributed by atoms with Crippen LogP contribution in [0.15, 0.2) is 12.1 Å². The van der Waals surface area contributed by atoms with Crippen LogP contribution in [0.4, 0.5) is 13.2 Å². The van der Waals surface area contributed by atoms with E-state index in [9.17, 15) is 13.2 Å². The molecule has 0 amide bonds. The first-order chi connectivity index (χ1) is 6.06. The van der Waals surface area contributed by atoms with Crippen LogP contribution in [0.2, 0.25) is 0 Å². The van der Waals surface area contributed by atoms with Crippen molar-refractivity contribution < 1.29 is 18.3 Å². The molecule has 0 radical (unpaired) electrons. The van der Waals surface area contributed by atoms with E-state index in [1.165, 1.54) is 0 Å². The van der Waals surface area contributed by atoms with Gasteiger partial charge in [0.25, 0.3) is 0 Å². The molecule has 0 aliphatic carbocycles. The highest BCUT2D eigenvalue weighted by Gasteiger charge is 2.17. The normalized spacial score (nSPS) is 12.1. The molecule has 0 heterocycles. The number of hydrogen-bond donors (Lipinski definition) is 2. The van der Waals surface area contributed by atoms with Crippen LogP contribution >= 0.6 is 12.4 Å². The predicted octanol–water partition coefficient (Wildman–Crippen LogP) is 1.52. The zero-order chi connectivity index (χ0) is 10.0. The van der Waals surface area contributed by atoms with Gasteiger partial charge in [0, 0.05) is 17.7 Å². The second-order valence-corrected chi connectivity index (χ2v) is 2.57. The second kappa shape index (κ2) is 5.19. The fourth-order valence-electron chi connectivity index (χ4n) is 0.999. The van der Waals surface area contributed by atoms with Crippen molar-refractivity contribution >= 4 is 12.4 Å². The van der Waals surface area contributed by atoms with E-state index in [-0.39, 0.29) is 12.4 Å². The third-order valence-corrected chi connectivity index (χ3v) is 1.61. The fourth-order valence-corrected chi connectivity index (χ4v) is 0.999. The van der Waals surface area contributed by atoms with Crippen molar-refractivity contribution in [2.75, 3.05) is 6.61 Å². The van der Waals surface area contributed by atoms with Crippen LogP contribution < -0.4 is 5.73 Å². The first kappa shape index (κ1) is 13.2. The summed E-state index contributed by atoms with van der Waals surface area (Å²) in [5, 5.41) is 8.55. The van der Waals surface area contributed by atoms with Gasteiger partial charge in [-0.1, -0.05) is 0 Å². The van der Waals surface area contributed by atoms with Crippen LogP contribution in [0, 0.1) is 17.5 Å². The summed E-state index contributed by atoms with van der Waals surface area (Å²) in [5.74, 6) is -3.18. The van der Waals surface area contributed by atoms with Gasteiger partial charge < -0.3 is 10.8 Å². The Morgan fingerprint density at radius 3 is 2.00 bits per heavy atom. The van der Waals surface area contributed by atoms with E-state index in [0.717, 1.165) is 0 Å². The lowest BCUT2D eigenvalue weighted by molar-refractivity contribution is 0.262. The maximum atomic E-state index is 12.9. The lowest BCUT2D eigenvalue weighted by Crippen LogP contribution is -2.18. The van der Waals surface area contributed by atoms with Gasteiger partial charge in [0.05, 0.1) is 12.6 Å². The number of hydrogen-bond acceptors (Lipinski definition) is 2. The molecule has 0 aliphatic rings. The van der Waals surface area contributed by atoms with Crippen LogP contribution in [-0.2, 0) is 0 Å². The topological polar surface area (TPSA) is 46.2 Å². The predicted molar refractivity (Wildman–Crippen MR) is 47.6 cm³/mol. The van der Waals surface area contributed by atoms with Crippen molar-refractivity contribution in [3.05, 3.63) is 35.1 Å². The second-order valence-electron chi connectivity index (χ2n) is 2.57. The molecule has 0 fully saturated rings. The van der Waals surface area contributed by atoms with E-state index < -0.39 is 35.7 Å². The molecule has 6 heteroatoms. The number of aliphatic hydroxyl groups excluding tert-OH is 1. The zero-order valence-electron chi connectivity index (χ0n) is 7.01. The van der Waals surface area contributed by atoms with Crippen LogP contribution in [0.5, 0.6) is 0 Å². The summed E-state index contributed by atoms with van der Waals surface area (Å²) >= 11 is 0. The van der Waals surface area contributed by atoms with Crippen molar-refractivity contribution in [2.24, 2.45) is 5.73 Å². The van der Waals surface area contributed by atoms with E-state index in [4.69, 9.17) is 10.8 Å². The van der Waals surface area contributed by atoms with E-state index >= 15 is 0 Å². The molecule has 0 saturated carbocycles. The molecule has 1 atom stereocenters. The van der Waals surface area contributed by atoms with Crippen molar-refractivity contribution in [1.82, 2.24) is 0 Å². The summed E-state index contributed by atoms with van der Waals surface area (Å²) in [7, 11) is 0. The van der Waals surface area contributed by atoms with Gasteiger partial charge in [-0.3, -0.25) is 0 Å². The molecule has 0 bridgehead atoms. The Hall–Kier alpha value is -0.780. The third-order valence-electron chi connectivity index (χ3n) is 1.61. The Kier molecular flexibility index (Phi) is 4.90. The molecule has 0 aliphatic heterocycles. The van der Waals surface area contributed by atoms with Crippen LogP contribution in [0.3, 0.4) is 0 Å². The molecule has 0 saturated heterocycles. The average molecular weight is 228 g/mol. The lowest BCUT2D eigenvalue weighted by atomic mass is 10.1. The molecular formula is C8H9ClF3NO. The standard InChI is InChI=1S/C8H8F3NO.ClH/c9-4-1-5(10)8(6(11)2-4)7(12)3-13;/h1-2,7,13H,3,12H2;1H/t7-;/m0./s1. The number of benzene rings is 1. The van der Waals surface area contributed by atoms with E-state index in [1.54, 1.807) is 0 Å². The molecule has 80 valence electrons. The van der Waals surface area contributed by atoms with Gasteiger partial charge in [0.1, 0.15) is 17.5 Å². The van der Waals surface area contributed by atoms with Gasteiger partial charge in [-0.2, -0.15) is 0 Å². The molecular weight excluding hydrogens is 219 g/mol. The minimum atomic E-state index is -1.17. The molecule has 14 heavy (non-hydrogen) atoms. The van der Waals surface area contributed by atoms with Gasteiger partial charge in [0.15, 0.2) is 0 Å². The molecule has 1 aromatic rings. The van der Waals surface area contributed by atoms with E-state index in [0.29, 0.717) is 12.1 Å². The summed E-state index contributed by atoms with van der Waals surface area (Å²) in [4.78, 5) is 0. The Balaban J connectivity index is 0.00000169. The smallest absolute Gasteiger partial charge is 0.133 e. The number of nitrogens with two attached hydrogens (primary N) is 1. The molecule has 0 aromatic heterocycles. The third kappa shape index (κ3) is 2.60. The molecule has 2 nitrogen and oxygen atoms in total. The average Bonchev–Trinajstić information content (AvgIpc) is 2.02. The fraction of sp³-hybridized carbons (Fsp3) is 0.250. The Bertz CT molecular complexity index is 298. The zero-order valence-corrected chi connectivity index (χ0v) is 7.82. The maximum Gasteiger partial charge on any atom is 0.133 e. The summed E-state index contributed by atoms with van der Waals surface area (Å²) < 4.78 is 38.1. The van der Waals surface area contributed by atoms with Crippen LogP contribution in [0.25, 0.3) is 0 Å². The number of aliphatic hydroxyl groups is 1. The molecule has 3 N–H and O–H groups in total. The highest BCUT2D eigenvalue weighted by atomic mass is 35.5. The molecule has 0 unspecified atom stereocenters. The quantitative estimate of drug-likeness (QED) is 0.805. The van der Waals surface area contributed by atoms with Crippen LogP contribution in [-0.4, -0.2) is 11.7 Å². The SMILES string of the molecule is Cl.N[C@@H](CO)c1c(F)cc(F)cc1F. The highest BCUT2D eigenvalue weighted by molar-refractivity contribution is 5.85. The Morgan fingerprint density at radius 2 is 1.64 bits per heavy atom. The lowest BCUT2D eigenvalue weighted by Gasteiger charge is -2.10. The summed E-state index contributed by atoms with van der Waals surface area (Å²) in [6, 6.07) is -0.123. The van der Waals surface area contributed by atoms with Gasteiger partial charge in [-0.25, -0.2) is 13.2 Å². The number of halogens is 4. The highest BCUT2D eigenvalue weighted by Crippen LogP contribution is 2.19. The van der Waals surface area contributed by atoms with Crippen molar-refractivity contribution in [1.29, 1.82) is 0 Å². The van der Waals surface area contributed by atoms with E-state index in [1.807, 2.05) is 0 Å². The summed E-state index contributed by atoms with van der Waals surface area (Å²) in [6.45, 7) is -0.598. The van der Waals surface area contributed by atoms with Crippen molar-refractivity contribution in [2.45, 2.75) is 6.04 Å². The van der Waals surface area contributed by atoms with Crippen molar-refractivity contribution in [3.8, 4) is 0 Å². The van der Waals surface area contributed by atoms with Gasteiger partial charge in [-0.05, 0) is 0 Å². The largest absolute Gasteiger partial charge is 0.394 e. The first-order valence-corrected chi connectivity index (χ1v) is 3.57. The Labute approximate surface area is 84.9 Å². The van der Waals surface area contributed by atoms with Gasteiger partial charge in [-0.15, -0.1) is 12.4 Å². The van der Waals surface area contributed by atoms with E-state index in [2.05, 4.69) is 0 Å². The van der Waals surface area contributed by atoms with Gasteiger partial charge in [0.2, 0.25) is 0 Å². The van der Waals surface area contributed by atoms with Gasteiger partial charge >= 0.3 is 0 Å². The monoisotopic (exact) mass is 227 g/mol. The maximum absolute atomic E-state index is 12.9. The summed E-state index contributed by atoms with van der Waals surface area (Å²) in [5.41, 5.74) is 4.70.